The van der Waals surface area contributed by atoms with E-state index in [1.165, 1.54) is 0 Å². The smallest absolute Gasteiger partial charge is 0.358 e. The molecule has 0 spiro atoms. The van der Waals surface area contributed by atoms with E-state index >= 15 is 0 Å². The summed E-state index contributed by atoms with van der Waals surface area (Å²) in [4.78, 5) is 10.0. The van der Waals surface area contributed by atoms with Crippen molar-refractivity contribution >= 4 is 5.82 Å². The Morgan fingerprint density at radius 3 is 2.64 bits per heavy atom. The van der Waals surface area contributed by atoms with Crippen molar-refractivity contribution in [3.63, 3.8) is 0 Å². The summed E-state index contributed by atoms with van der Waals surface area (Å²) < 4.78 is 0. The molecule has 0 amide bonds. The van der Waals surface area contributed by atoms with Gasteiger partial charge in [-0.3, -0.25) is 0 Å². The molecule has 6 nitrogen and oxygen atoms in total. The third-order valence-electron chi connectivity index (χ3n) is 1.76. The van der Waals surface area contributed by atoms with Crippen molar-refractivity contribution in [1.29, 1.82) is 0 Å². The number of aromatic nitrogens is 3. The van der Waals surface area contributed by atoms with Crippen molar-refractivity contribution in [3.05, 3.63) is 40.4 Å². The highest BCUT2D eigenvalue weighted by Crippen LogP contribution is 2.23. The number of aromatic amines is 1. The number of nitrogens with zero attached hydrogens (tertiary/aromatic N) is 3. The van der Waals surface area contributed by atoms with E-state index in [2.05, 4.69) is 15.4 Å². The van der Waals surface area contributed by atoms with Crippen molar-refractivity contribution < 1.29 is 4.92 Å². The number of hydrogen-bond donors (Lipinski definition) is 1. The fraction of sp³-hybridized carbons (Fsp3) is 0. The lowest BCUT2D eigenvalue weighted by atomic mass is 10.1. The zero-order valence-electron chi connectivity index (χ0n) is 7.04. The first-order valence-electron chi connectivity index (χ1n) is 3.90. The Hall–Kier alpha value is -2.24. The molecule has 0 aliphatic carbocycles. The first-order valence-corrected chi connectivity index (χ1v) is 3.90. The fourth-order valence-electron chi connectivity index (χ4n) is 1.14. The number of nitro groups is 1. The first-order chi connectivity index (χ1) is 6.79. The van der Waals surface area contributed by atoms with Crippen LogP contribution >= 0.6 is 0 Å². The van der Waals surface area contributed by atoms with Crippen molar-refractivity contribution in [2.75, 3.05) is 0 Å². The molecule has 1 heterocycles. The number of hydrogen-bond acceptors (Lipinski definition) is 4. The van der Waals surface area contributed by atoms with Gasteiger partial charge in [-0.25, -0.2) is 0 Å². The highest BCUT2D eigenvalue weighted by atomic mass is 16.6. The number of nitrogens with one attached hydrogen (secondary N) is 1. The predicted molar refractivity (Wildman–Crippen MR) is 48.5 cm³/mol. The summed E-state index contributed by atoms with van der Waals surface area (Å²) in [5.41, 5.74) is 0.934. The van der Waals surface area contributed by atoms with Gasteiger partial charge in [0.05, 0.1) is 0 Å². The second-order valence-electron chi connectivity index (χ2n) is 2.63. The molecule has 1 N–H and O–H groups in total. The highest BCUT2D eigenvalue weighted by molar-refractivity contribution is 5.66. The lowest BCUT2D eigenvalue weighted by molar-refractivity contribution is -0.388. The molecule has 0 radical (unpaired) electrons. The molecule has 0 aliphatic rings. The molecule has 2 aromatic rings. The maximum Gasteiger partial charge on any atom is 0.370 e. The van der Waals surface area contributed by atoms with Crippen LogP contribution in [0.25, 0.3) is 11.3 Å². The minimum atomic E-state index is -0.539. The normalized spacial score (nSPS) is 10.0. The third-order valence-corrected chi connectivity index (χ3v) is 1.76. The van der Waals surface area contributed by atoms with E-state index in [0.29, 0.717) is 5.56 Å². The van der Waals surface area contributed by atoms with Crippen molar-refractivity contribution in [2.24, 2.45) is 0 Å². The molecule has 0 atom stereocenters. The van der Waals surface area contributed by atoms with Crippen LogP contribution in [0.3, 0.4) is 0 Å². The molecule has 0 saturated heterocycles. The van der Waals surface area contributed by atoms with Crippen LogP contribution in [0.4, 0.5) is 5.82 Å². The molecular weight excluding hydrogens is 184 g/mol. The summed E-state index contributed by atoms with van der Waals surface area (Å²) in [6, 6.07) is 8.88. The average molecular weight is 190 g/mol. The summed E-state index contributed by atoms with van der Waals surface area (Å²) in [5, 5.41) is 19.9. The Morgan fingerprint density at radius 2 is 2.00 bits per heavy atom. The van der Waals surface area contributed by atoms with Gasteiger partial charge in [-0.05, 0) is 4.92 Å². The van der Waals surface area contributed by atoms with Crippen LogP contribution in [0.1, 0.15) is 0 Å². The SMILES string of the molecule is O=[N+]([O-])c1[nH]nnc1-c1ccccc1. The van der Waals surface area contributed by atoms with Gasteiger partial charge in [0.25, 0.3) is 0 Å². The van der Waals surface area contributed by atoms with Gasteiger partial charge in [0, 0.05) is 10.8 Å². The van der Waals surface area contributed by atoms with E-state index in [0.717, 1.165) is 0 Å². The van der Waals surface area contributed by atoms with Gasteiger partial charge in [-0.1, -0.05) is 30.3 Å². The van der Waals surface area contributed by atoms with E-state index in [1.54, 1.807) is 24.3 Å². The Bertz CT molecular complexity index is 451. The van der Waals surface area contributed by atoms with Crippen LogP contribution in [0, 0.1) is 10.1 Å². The molecule has 1 aromatic carbocycles. The van der Waals surface area contributed by atoms with Gasteiger partial charge >= 0.3 is 5.82 Å². The summed E-state index contributed by atoms with van der Waals surface area (Å²) in [6.45, 7) is 0. The predicted octanol–water partition coefficient (Wildman–Crippen LogP) is 1.38. The fourth-order valence-corrected chi connectivity index (χ4v) is 1.14. The Morgan fingerprint density at radius 1 is 1.29 bits per heavy atom. The summed E-state index contributed by atoms with van der Waals surface area (Å²) >= 11 is 0. The van der Waals surface area contributed by atoms with Gasteiger partial charge in [-0.15, -0.1) is 10.2 Å². The minimum Gasteiger partial charge on any atom is -0.358 e. The molecule has 14 heavy (non-hydrogen) atoms. The monoisotopic (exact) mass is 190 g/mol. The molecule has 0 aliphatic heterocycles. The van der Waals surface area contributed by atoms with E-state index in [1.807, 2.05) is 6.07 Å². The summed E-state index contributed by atoms with van der Waals surface area (Å²) in [7, 11) is 0. The molecule has 0 unspecified atom stereocenters. The van der Waals surface area contributed by atoms with E-state index < -0.39 is 4.92 Å². The van der Waals surface area contributed by atoms with Crippen LogP contribution in [-0.4, -0.2) is 20.3 Å². The largest absolute Gasteiger partial charge is 0.370 e. The van der Waals surface area contributed by atoms with E-state index in [-0.39, 0.29) is 11.5 Å². The van der Waals surface area contributed by atoms with Crippen LogP contribution in [-0.2, 0) is 0 Å². The topological polar surface area (TPSA) is 84.7 Å². The molecule has 2 rings (SSSR count). The molecule has 70 valence electrons. The van der Waals surface area contributed by atoms with Crippen molar-refractivity contribution in [3.8, 4) is 11.3 Å². The maximum absolute atomic E-state index is 10.6. The van der Waals surface area contributed by atoms with Crippen molar-refractivity contribution in [1.82, 2.24) is 15.4 Å². The van der Waals surface area contributed by atoms with Crippen molar-refractivity contribution in [2.45, 2.75) is 0 Å². The average Bonchev–Trinajstić information content (AvgIpc) is 2.67. The molecule has 6 heteroatoms. The van der Waals surface area contributed by atoms with Crippen LogP contribution in [0.2, 0.25) is 0 Å². The lowest BCUT2D eigenvalue weighted by Gasteiger charge is -1.94. The van der Waals surface area contributed by atoms with E-state index in [9.17, 15) is 10.1 Å². The second-order valence-corrected chi connectivity index (χ2v) is 2.63. The first kappa shape index (κ1) is 8.36. The van der Waals surface area contributed by atoms with Crippen LogP contribution in [0.5, 0.6) is 0 Å². The zero-order chi connectivity index (χ0) is 9.97. The number of benzene rings is 1. The molecule has 1 aromatic heterocycles. The van der Waals surface area contributed by atoms with Gasteiger partial charge in [0.1, 0.15) is 0 Å². The van der Waals surface area contributed by atoms with Gasteiger partial charge in [0.2, 0.25) is 0 Å². The molecular formula is C8H6N4O2. The standard InChI is InChI=1S/C8H6N4O2/c13-12(14)8-7(9-11-10-8)6-4-2-1-3-5-6/h1-5H,(H,9,10,11). The quantitative estimate of drug-likeness (QED) is 0.572. The lowest BCUT2D eigenvalue weighted by Crippen LogP contribution is -1.90. The summed E-state index contributed by atoms with van der Waals surface area (Å²) in [6.07, 6.45) is 0. The molecule has 0 fully saturated rings. The zero-order valence-corrected chi connectivity index (χ0v) is 7.04. The Balaban J connectivity index is 2.52. The molecule has 0 saturated carbocycles. The highest BCUT2D eigenvalue weighted by Gasteiger charge is 2.17. The van der Waals surface area contributed by atoms with E-state index in [4.69, 9.17) is 0 Å². The van der Waals surface area contributed by atoms with Crippen LogP contribution < -0.4 is 0 Å². The van der Waals surface area contributed by atoms with Crippen LogP contribution in [0.15, 0.2) is 30.3 Å². The van der Waals surface area contributed by atoms with Gasteiger partial charge in [0.15, 0.2) is 5.69 Å². The summed E-state index contributed by atoms with van der Waals surface area (Å²) in [5.74, 6) is -0.184. The third kappa shape index (κ3) is 1.33. The Labute approximate surface area is 78.7 Å². The van der Waals surface area contributed by atoms with Gasteiger partial charge in [-0.2, -0.15) is 0 Å². The van der Waals surface area contributed by atoms with Gasteiger partial charge < -0.3 is 10.1 Å². The maximum atomic E-state index is 10.6. The minimum absolute atomic E-state index is 0.184. The molecule has 0 bridgehead atoms. The Kier molecular flexibility index (Phi) is 1.94. The number of rotatable bonds is 2. The number of H-pyrrole nitrogens is 1. The second kappa shape index (κ2) is 3.25.